The third-order valence-corrected chi connectivity index (χ3v) is 2.39. The van der Waals surface area contributed by atoms with Crippen LogP contribution in [0.4, 0.5) is 8.78 Å². The molecule has 86 valence electrons. The van der Waals surface area contributed by atoms with E-state index in [2.05, 4.69) is 0 Å². The molecular formula is C11H10F2O3. The molecule has 1 fully saturated rings. The van der Waals surface area contributed by atoms with Crippen molar-refractivity contribution in [2.24, 2.45) is 5.92 Å². The zero-order valence-corrected chi connectivity index (χ0v) is 8.32. The van der Waals surface area contributed by atoms with E-state index in [0.29, 0.717) is 6.07 Å². The van der Waals surface area contributed by atoms with Crippen LogP contribution in [0.5, 0.6) is 5.75 Å². The van der Waals surface area contributed by atoms with E-state index in [0.717, 1.165) is 25.0 Å². The highest BCUT2D eigenvalue weighted by Gasteiger charge is 2.38. The minimum atomic E-state index is -1.10. The minimum Gasteiger partial charge on any atom is -0.478 e. The van der Waals surface area contributed by atoms with Crippen molar-refractivity contribution in [3.63, 3.8) is 0 Å². The predicted octanol–water partition coefficient (Wildman–Crippen LogP) is 2.21. The van der Waals surface area contributed by atoms with E-state index in [9.17, 15) is 13.6 Å². The first-order valence-corrected chi connectivity index (χ1v) is 4.92. The molecule has 1 aliphatic carbocycles. The number of hydrogen-bond donors (Lipinski definition) is 1. The highest BCUT2D eigenvalue weighted by molar-refractivity contribution is 5.73. The second-order valence-corrected chi connectivity index (χ2v) is 3.82. The summed E-state index contributed by atoms with van der Waals surface area (Å²) in [6.45, 7) is 0. The number of carboxylic acids is 1. The Kier molecular flexibility index (Phi) is 2.77. The molecule has 0 heterocycles. The fourth-order valence-electron chi connectivity index (χ4n) is 1.49. The van der Waals surface area contributed by atoms with E-state index >= 15 is 0 Å². The van der Waals surface area contributed by atoms with Gasteiger partial charge in [0.1, 0.15) is 17.4 Å². The summed E-state index contributed by atoms with van der Waals surface area (Å²) in [6, 6.07) is 2.66. The molecule has 0 amide bonds. The highest BCUT2D eigenvalue weighted by atomic mass is 19.1. The second-order valence-electron chi connectivity index (χ2n) is 3.82. The smallest absolute Gasteiger partial charge is 0.345 e. The van der Waals surface area contributed by atoms with Gasteiger partial charge in [-0.3, -0.25) is 0 Å². The molecule has 1 unspecified atom stereocenters. The average molecular weight is 228 g/mol. The van der Waals surface area contributed by atoms with Gasteiger partial charge >= 0.3 is 5.97 Å². The maximum absolute atomic E-state index is 12.8. The van der Waals surface area contributed by atoms with Crippen molar-refractivity contribution in [1.29, 1.82) is 0 Å². The average Bonchev–Trinajstić information content (AvgIpc) is 2.95. The van der Waals surface area contributed by atoms with E-state index in [-0.39, 0.29) is 11.7 Å². The Morgan fingerprint density at radius 1 is 1.31 bits per heavy atom. The molecule has 0 aliphatic heterocycles. The molecular weight excluding hydrogens is 218 g/mol. The number of halogens is 2. The van der Waals surface area contributed by atoms with Gasteiger partial charge in [0.25, 0.3) is 0 Å². The largest absolute Gasteiger partial charge is 0.478 e. The number of ether oxygens (including phenoxy) is 1. The maximum Gasteiger partial charge on any atom is 0.345 e. The van der Waals surface area contributed by atoms with Crippen LogP contribution in [0.1, 0.15) is 12.8 Å². The van der Waals surface area contributed by atoms with Crippen LogP contribution in [-0.4, -0.2) is 17.2 Å². The molecule has 16 heavy (non-hydrogen) atoms. The molecule has 1 aromatic rings. The van der Waals surface area contributed by atoms with Crippen LogP contribution in [-0.2, 0) is 4.79 Å². The lowest BCUT2D eigenvalue weighted by Crippen LogP contribution is -2.29. The van der Waals surface area contributed by atoms with Crippen LogP contribution in [0.25, 0.3) is 0 Å². The molecule has 0 aromatic heterocycles. The SMILES string of the molecule is O=C(O)C(Oc1cc(F)cc(F)c1)C1CC1. The molecule has 0 spiro atoms. The molecule has 5 heteroatoms. The summed E-state index contributed by atoms with van der Waals surface area (Å²) in [4.78, 5) is 10.8. The summed E-state index contributed by atoms with van der Waals surface area (Å²) in [5.74, 6) is -2.81. The fraction of sp³-hybridized carbons (Fsp3) is 0.364. The summed E-state index contributed by atoms with van der Waals surface area (Å²) >= 11 is 0. The molecule has 0 bridgehead atoms. The third kappa shape index (κ3) is 2.48. The summed E-state index contributed by atoms with van der Waals surface area (Å²) in [7, 11) is 0. The van der Waals surface area contributed by atoms with Gasteiger partial charge < -0.3 is 9.84 Å². The third-order valence-electron chi connectivity index (χ3n) is 2.39. The van der Waals surface area contributed by atoms with Crippen molar-refractivity contribution in [2.45, 2.75) is 18.9 Å². The Hall–Kier alpha value is -1.65. The van der Waals surface area contributed by atoms with E-state index in [1.165, 1.54) is 0 Å². The van der Waals surface area contributed by atoms with Gasteiger partial charge in [-0.05, 0) is 12.8 Å². The number of aliphatic carboxylic acids is 1. The van der Waals surface area contributed by atoms with Crippen LogP contribution in [0.15, 0.2) is 18.2 Å². The topological polar surface area (TPSA) is 46.5 Å². The lowest BCUT2D eigenvalue weighted by molar-refractivity contribution is -0.146. The van der Waals surface area contributed by atoms with Crippen molar-refractivity contribution in [2.75, 3.05) is 0 Å². The predicted molar refractivity (Wildman–Crippen MR) is 51.1 cm³/mol. The van der Waals surface area contributed by atoms with Crippen molar-refractivity contribution >= 4 is 5.97 Å². The molecule has 1 atom stereocenters. The monoisotopic (exact) mass is 228 g/mol. The number of carboxylic acid groups (broad SMARTS) is 1. The molecule has 2 rings (SSSR count). The Balaban J connectivity index is 2.14. The van der Waals surface area contributed by atoms with Crippen LogP contribution in [0, 0.1) is 17.6 Å². The molecule has 1 N–H and O–H groups in total. The maximum atomic E-state index is 12.8. The molecule has 1 aliphatic rings. The Labute approximate surface area is 90.7 Å². The van der Waals surface area contributed by atoms with Crippen LogP contribution < -0.4 is 4.74 Å². The lowest BCUT2D eigenvalue weighted by atomic mass is 10.2. The molecule has 0 radical (unpaired) electrons. The first-order chi connectivity index (χ1) is 7.56. The van der Waals surface area contributed by atoms with Gasteiger partial charge in [-0.2, -0.15) is 0 Å². The normalized spacial score (nSPS) is 16.9. The van der Waals surface area contributed by atoms with Crippen molar-refractivity contribution < 1.29 is 23.4 Å². The number of benzene rings is 1. The fourth-order valence-corrected chi connectivity index (χ4v) is 1.49. The Morgan fingerprint density at radius 3 is 2.31 bits per heavy atom. The summed E-state index contributed by atoms with van der Waals surface area (Å²) < 4.78 is 30.7. The van der Waals surface area contributed by atoms with Crippen molar-refractivity contribution in [3.05, 3.63) is 29.8 Å². The number of hydrogen-bond acceptors (Lipinski definition) is 2. The van der Waals surface area contributed by atoms with Gasteiger partial charge in [0.15, 0.2) is 6.10 Å². The lowest BCUT2D eigenvalue weighted by Gasteiger charge is -2.14. The van der Waals surface area contributed by atoms with Crippen molar-refractivity contribution in [1.82, 2.24) is 0 Å². The van der Waals surface area contributed by atoms with Gasteiger partial charge in [-0.15, -0.1) is 0 Å². The summed E-state index contributed by atoms with van der Waals surface area (Å²) in [6.07, 6.45) is 0.532. The zero-order valence-electron chi connectivity index (χ0n) is 8.32. The second kappa shape index (κ2) is 4.08. The van der Waals surface area contributed by atoms with Gasteiger partial charge in [-0.1, -0.05) is 0 Å². The van der Waals surface area contributed by atoms with Gasteiger partial charge in [-0.25, -0.2) is 13.6 Å². The van der Waals surface area contributed by atoms with Crippen LogP contribution >= 0.6 is 0 Å². The molecule has 1 aromatic carbocycles. The number of carbonyl (C=O) groups is 1. The molecule has 3 nitrogen and oxygen atoms in total. The Bertz CT molecular complexity index is 395. The van der Waals surface area contributed by atoms with Gasteiger partial charge in [0.05, 0.1) is 0 Å². The molecule has 1 saturated carbocycles. The summed E-state index contributed by atoms with van der Waals surface area (Å²) in [5, 5.41) is 8.87. The number of rotatable bonds is 4. The van der Waals surface area contributed by atoms with Crippen LogP contribution in [0.2, 0.25) is 0 Å². The minimum absolute atomic E-state index is 0.0520. The van der Waals surface area contributed by atoms with E-state index < -0.39 is 23.7 Å². The zero-order chi connectivity index (χ0) is 11.7. The van der Waals surface area contributed by atoms with E-state index in [4.69, 9.17) is 9.84 Å². The van der Waals surface area contributed by atoms with Gasteiger partial charge in [0.2, 0.25) is 0 Å². The first-order valence-electron chi connectivity index (χ1n) is 4.92. The summed E-state index contributed by atoms with van der Waals surface area (Å²) in [5.41, 5.74) is 0. The molecule has 0 saturated heterocycles. The van der Waals surface area contributed by atoms with Crippen LogP contribution in [0.3, 0.4) is 0 Å². The first kappa shape index (κ1) is 10.9. The van der Waals surface area contributed by atoms with E-state index in [1.807, 2.05) is 0 Å². The quantitative estimate of drug-likeness (QED) is 0.859. The Morgan fingerprint density at radius 2 is 1.88 bits per heavy atom. The standard InChI is InChI=1S/C11H10F2O3/c12-7-3-8(13)5-9(4-7)16-10(11(14)15)6-1-2-6/h3-6,10H,1-2H2,(H,14,15). The van der Waals surface area contributed by atoms with E-state index in [1.54, 1.807) is 0 Å². The van der Waals surface area contributed by atoms with Gasteiger partial charge in [0, 0.05) is 24.1 Å². The van der Waals surface area contributed by atoms with Crippen molar-refractivity contribution in [3.8, 4) is 5.75 Å². The highest BCUT2D eigenvalue weighted by Crippen LogP contribution is 2.35.